The minimum Gasteiger partial charge on any atom is -0.347 e. The number of fused-ring (bicyclic) bond motifs is 4. The van der Waals surface area contributed by atoms with Crippen LogP contribution in [-0.4, -0.2) is 35.1 Å². The zero-order chi connectivity index (χ0) is 16.7. The van der Waals surface area contributed by atoms with Gasteiger partial charge in [-0.25, -0.2) is 0 Å². The summed E-state index contributed by atoms with van der Waals surface area (Å²) in [6.07, 6.45) is 6.04. The van der Waals surface area contributed by atoms with E-state index in [1.165, 1.54) is 43.4 Å². The molecule has 2 aromatic rings. The molecule has 4 heterocycles. The molecule has 1 aromatic heterocycles. The lowest BCUT2D eigenvalue weighted by atomic mass is 9.76. The van der Waals surface area contributed by atoms with Crippen LogP contribution in [0.15, 0.2) is 24.3 Å². The Morgan fingerprint density at radius 1 is 1.21 bits per heavy atom. The smallest absolute Gasteiger partial charge is 0.0482 e. The van der Waals surface area contributed by atoms with Gasteiger partial charge in [-0.15, -0.1) is 0 Å². The van der Waals surface area contributed by atoms with Gasteiger partial charge in [-0.05, 0) is 62.7 Å². The highest BCUT2D eigenvalue weighted by atomic mass is 15.2. The summed E-state index contributed by atoms with van der Waals surface area (Å²) in [4.78, 5) is 2.67. The minimum atomic E-state index is 0.323. The molecule has 3 heteroatoms. The molecule has 0 spiro atoms. The van der Waals surface area contributed by atoms with Gasteiger partial charge >= 0.3 is 0 Å². The van der Waals surface area contributed by atoms with Crippen molar-refractivity contribution >= 4 is 10.9 Å². The number of nitrogens with two attached hydrogens (primary N) is 1. The van der Waals surface area contributed by atoms with E-state index < -0.39 is 0 Å². The van der Waals surface area contributed by atoms with Gasteiger partial charge in [-0.3, -0.25) is 0 Å². The lowest BCUT2D eigenvalue weighted by Gasteiger charge is -2.45. The van der Waals surface area contributed by atoms with Crippen molar-refractivity contribution in [3.63, 3.8) is 0 Å². The second-order valence-corrected chi connectivity index (χ2v) is 7.89. The molecule has 0 amide bonds. The van der Waals surface area contributed by atoms with Crippen LogP contribution in [0.4, 0.5) is 0 Å². The number of piperidine rings is 3. The van der Waals surface area contributed by atoms with Crippen LogP contribution in [0, 0.1) is 5.92 Å². The lowest BCUT2D eigenvalue weighted by Crippen LogP contribution is -2.46. The van der Waals surface area contributed by atoms with Gasteiger partial charge in [0.2, 0.25) is 0 Å². The monoisotopic (exact) mass is 325 g/mol. The molecule has 2 bridgehead atoms. The molecule has 1 aromatic carbocycles. The molecule has 2 unspecified atom stereocenters. The summed E-state index contributed by atoms with van der Waals surface area (Å²) in [5, 5.41) is 1.45. The summed E-state index contributed by atoms with van der Waals surface area (Å²) in [7, 11) is 2.28. The summed E-state index contributed by atoms with van der Waals surface area (Å²) in [5.74, 6) is 1.58. The number of hydrogen-bond donors (Lipinski definition) is 1. The van der Waals surface area contributed by atoms with E-state index in [0.29, 0.717) is 12.0 Å². The van der Waals surface area contributed by atoms with Crippen molar-refractivity contribution in [3.05, 3.63) is 35.5 Å². The fourth-order valence-electron chi connectivity index (χ4n) is 5.04. The summed E-state index contributed by atoms with van der Waals surface area (Å²) in [6, 6.07) is 9.27. The van der Waals surface area contributed by atoms with Crippen LogP contribution in [0.5, 0.6) is 0 Å². The van der Waals surface area contributed by atoms with Crippen LogP contribution in [0.3, 0.4) is 0 Å². The molecular formula is C21H31N3. The molecule has 24 heavy (non-hydrogen) atoms. The highest BCUT2D eigenvalue weighted by Gasteiger charge is 2.37. The van der Waals surface area contributed by atoms with Gasteiger partial charge in [0, 0.05) is 42.1 Å². The van der Waals surface area contributed by atoms with Crippen LogP contribution < -0.4 is 5.73 Å². The van der Waals surface area contributed by atoms with Crippen LogP contribution in [0.2, 0.25) is 0 Å². The molecular weight excluding hydrogens is 294 g/mol. The molecule has 3 nitrogen and oxygen atoms in total. The maximum Gasteiger partial charge on any atom is 0.0482 e. The van der Waals surface area contributed by atoms with E-state index in [1.807, 2.05) is 0 Å². The first kappa shape index (κ1) is 16.2. The van der Waals surface area contributed by atoms with E-state index in [4.69, 9.17) is 5.73 Å². The zero-order valence-electron chi connectivity index (χ0n) is 15.2. The fraction of sp³-hybridized carbons (Fsp3) is 0.619. The first-order chi connectivity index (χ1) is 11.7. The summed E-state index contributed by atoms with van der Waals surface area (Å²) >= 11 is 0. The Hall–Kier alpha value is -1.32. The molecule has 3 aliphatic heterocycles. The molecule has 3 aliphatic rings. The second kappa shape index (κ2) is 6.53. The molecule has 0 radical (unpaired) electrons. The quantitative estimate of drug-likeness (QED) is 0.910. The van der Waals surface area contributed by atoms with Gasteiger partial charge in [-0.1, -0.05) is 25.1 Å². The highest BCUT2D eigenvalue weighted by molar-refractivity contribution is 5.85. The Kier molecular flexibility index (Phi) is 4.40. The van der Waals surface area contributed by atoms with E-state index in [2.05, 4.69) is 47.7 Å². The van der Waals surface area contributed by atoms with Gasteiger partial charge in [0.05, 0.1) is 0 Å². The molecule has 3 saturated heterocycles. The summed E-state index contributed by atoms with van der Waals surface area (Å²) < 4.78 is 2.49. The van der Waals surface area contributed by atoms with Crippen molar-refractivity contribution in [2.45, 2.75) is 51.0 Å². The van der Waals surface area contributed by atoms with E-state index in [-0.39, 0.29) is 0 Å². The third kappa shape index (κ3) is 2.68. The number of aromatic nitrogens is 1. The maximum atomic E-state index is 6.25. The van der Waals surface area contributed by atoms with Gasteiger partial charge < -0.3 is 15.2 Å². The molecule has 0 saturated carbocycles. The van der Waals surface area contributed by atoms with Crippen molar-refractivity contribution in [1.82, 2.24) is 9.47 Å². The average Bonchev–Trinajstić information content (AvgIpc) is 2.93. The fourth-order valence-corrected chi connectivity index (χ4v) is 5.04. The van der Waals surface area contributed by atoms with E-state index in [1.54, 1.807) is 11.3 Å². The van der Waals surface area contributed by atoms with Gasteiger partial charge in [-0.2, -0.15) is 0 Å². The third-order valence-corrected chi connectivity index (χ3v) is 6.56. The number of rotatable bonds is 5. The van der Waals surface area contributed by atoms with Crippen molar-refractivity contribution in [3.8, 4) is 0 Å². The number of para-hydroxylation sites is 1. The second-order valence-electron chi connectivity index (χ2n) is 7.89. The highest BCUT2D eigenvalue weighted by Crippen LogP contribution is 2.42. The Morgan fingerprint density at radius 2 is 1.96 bits per heavy atom. The molecule has 2 atom stereocenters. The number of hydrogen-bond acceptors (Lipinski definition) is 2. The van der Waals surface area contributed by atoms with Crippen LogP contribution in [0.1, 0.15) is 49.8 Å². The maximum absolute atomic E-state index is 6.25. The minimum absolute atomic E-state index is 0.323. The van der Waals surface area contributed by atoms with Crippen molar-refractivity contribution < 1.29 is 0 Å². The number of aryl methyl sites for hydroxylation is 2. The Bertz CT molecular complexity index is 709. The van der Waals surface area contributed by atoms with Gasteiger partial charge in [0.1, 0.15) is 0 Å². The van der Waals surface area contributed by atoms with Crippen LogP contribution in [0.25, 0.3) is 10.9 Å². The van der Waals surface area contributed by atoms with Crippen molar-refractivity contribution in [1.29, 1.82) is 0 Å². The predicted octanol–water partition coefficient (Wildman–Crippen LogP) is 3.66. The Labute approximate surface area is 145 Å². The first-order valence-electron chi connectivity index (χ1n) is 9.73. The SMILES string of the molecule is CCC(N)CCc1c(C2CN3CCC2CC3)n(C)c2ccccc12. The number of nitrogens with zero attached hydrogens (tertiary/aromatic N) is 2. The predicted molar refractivity (Wildman–Crippen MR) is 101 cm³/mol. The van der Waals surface area contributed by atoms with Crippen molar-refractivity contribution in [2.24, 2.45) is 18.7 Å². The molecule has 0 aliphatic carbocycles. The van der Waals surface area contributed by atoms with Gasteiger partial charge in [0.15, 0.2) is 0 Å². The average molecular weight is 326 g/mol. The first-order valence-corrected chi connectivity index (χ1v) is 9.73. The standard InChI is InChI=1S/C21H31N3/c1-3-16(22)8-9-18-17-6-4-5-7-20(17)23(2)21(18)19-14-24-12-10-15(19)11-13-24/h4-7,15-16,19H,3,8-14,22H2,1-2H3. The lowest BCUT2D eigenvalue weighted by molar-refractivity contribution is 0.0841. The Morgan fingerprint density at radius 3 is 2.62 bits per heavy atom. The van der Waals surface area contributed by atoms with Crippen LogP contribution in [-0.2, 0) is 13.5 Å². The van der Waals surface area contributed by atoms with E-state index in [0.717, 1.165) is 25.2 Å². The number of benzene rings is 1. The molecule has 3 fully saturated rings. The third-order valence-electron chi connectivity index (χ3n) is 6.56. The Balaban J connectivity index is 1.76. The summed E-state index contributed by atoms with van der Waals surface area (Å²) in [5.41, 5.74) is 10.8. The molecule has 130 valence electrons. The van der Waals surface area contributed by atoms with Crippen LogP contribution >= 0.6 is 0 Å². The topological polar surface area (TPSA) is 34.2 Å². The molecule has 5 rings (SSSR count). The largest absolute Gasteiger partial charge is 0.347 e. The van der Waals surface area contributed by atoms with E-state index >= 15 is 0 Å². The van der Waals surface area contributed by atoms with Gasteiger partial charge in [0.25, 0.3) is 0 Å². The summed E-state index contributed by atoms with van der Waals surface area (Å²) in [6.45, 7) is 6.06. The van der Waals surface area contributed by atoms with Crippen molar-refractivity contribution in [2.75, 3.05) is 19.6 Å². The zero-order valence-corrected chi connectivity index (χ0v) is 15.2. The van der Waals surface area contributed by atoms with E-state index in [9.17, 15) is 0 Å². The normalized spacial score (nSPS) is 27.7. The molecule has 2 N–H and O–H groups in total.